The van der Waals surface area contributed by atoms with Crippen molar-refractivity contribution >= 4 is 62.2 Å². The molecule has 1 aromatic heterocycles. The Morgan fingerprint density at radius 1 is 1.30 bits per heavy atom. The number of hydrogen-bond donors (Lipinski definition) is 1. The first-order chi connectivity index (χ1) is 15.7. The fourth-order valence-corrected chi connectivity index (χ4v) is 6.81. The second-order valence-corrected chi connectivity index (χ2v) is 12.0. The van der Waals surface area contributed by atoms with E-state index in [4.69, 9.17) is 32.9 Å². The lowest BCUT2D eigenvalue weighted by atomic mass is 9.83. The van der Waals surface area contributed by atoms with Crippen molar-refractivity contribution in [3.05, 3.63) is 33.1 Å². The average Bonchev–Trinajstić information content (AvgIpc) is 3.22. The molecule has 0 radical (unpaired) electrons. The highest BCUT2D eigenvalue weighted by Crippen LogP contribution is 2.43. The summed E-state index contributed by atoms with van der Waals surface area (Å²) in [4.78, 5) is 14.6. The number of nitrogens with zero attached hydrogens (tertiary/aromatic N) is 3. The van der Waals surface area contributed by atoms with Crippen LogP contribution in [0.5, 0.6) is 0 Å². The summed E-state index contributed by atoms with van der Waals surface area (Å²) in [5, 5.41) is 1.29. The van der Waals surface area contributed by atoms with Crippen LogP contribution in [0.1, 0.15) is 49.4 Å². The van der Waals surface area contributed by atoms with Gasteiger partial charge < -0.3 is 4.74 Å². The molecular formula is C22H26Cl2N4O3S2. The van der Waals surface area contributed by atoms with E-state index in [1.165, 1.54) is 0 Å². The zero-order valence-corrected chi connectivity index (χ0v) is 21.6. The van der Waals surface area contributed by atoms with E-state index in [2.05, 4.69) is 21.6 Å². The molecule has 2 aliphatic rings. The zero-order chi connectivity index (χ0) is 23.6. The van der Waals surface area contributed by atoms with Gasteiger partial charge in [0.25, 0.3) is 0 Å². The van der Waals surface area contributed by atoms with Crippen molar-refractivity contribution in [2.45, 2.75) is 50.6 Å². The van der Waals surface area contributed by atoms with Gasteiger partial charge in [-0.1, -0.05) is 49.2 Å². The molecule has 33 heavy (non-hydrogen) atoms. The Balaban J connectivity index is 1.82. The molecule has 1 saturated heterocycles. The second-order valence-electron chi connectivity index (χ2n) is 8.38. The van der Waals surface area contributed by atoms with Crippen LogP contribution in [0, 0.1) is 0 Å². The maximum Gasteiger partial charge on any atom is 0.232 e. The molecule has 1 fully saturated rings. The fraction of sp³-hybridized carbons (Fsp3) is 0.500. The van der Waals surface area contributed by atoms with Gasteiger partial charge in [-0.25, -0.2) is 18.4 Å². The van der Waals surface area contributed by atoms with E-state index in [0.29, 0.717) is 48.0 Å². The first kappa shape index (κ1) is 24.6. The van der Waals surface area contributed by atoms with Crippen molar-refractivity contribution in [3.8, 4) is 11.3 Å². The van der Waals surface area contributed by atoms with Gasteiger partial charge in [0.2, 0.25) is 15.6 Å². The molecular weight excluding hydrogens is 503 g/mol. The predicted octanol–water partition coefficient (Wildman–Crippen LogP) is 5.47. The number of rotatable bonds is 7. The van der Waals surface area contributed by atoms with Gasteiger partial charge in [0.05, 0.1) is 37.8 Å². The summed E-state index contributed by atoms with van der Waals surface area (Å²) in [6.45, 7) is 5.39. The van der Waals surface area contributed by atoms with Gasteiger partial charge in [-0.3, -0.25) is 9.71 Å². The van der Waals surface area contributed by atoms with E-state index in [1.807, 2.05) is 13.0 Å². The number of hydrogen-bond acceptors (Lipinski definition) is 7. The van der Waals surface area contributed by atoms with Crippen LogP contribution in [0.3, 0.4) is 0 Å². The van der Waals surface area contributed by atoms with Crippen molar-refractivity contribution in [2.75, 3.05) is 23.7 Å². The lowest BCUT2D eigenvalue weighted by Gasteiger charge is -2.31. The highest BCUT2D eigenvalue weighted by molar-refractivity contribution is 7.92. The number of anilines is 1. The molecule has 0 bridgehead atoms. The molecule has 1 unspecified atom stereocenters. The van der Waals surface area contributed by atoms with Crippen LogP contribution in [0.4, 0.5) is 5.69 Å². The number of aliphatic imine (C=N–C) groups is 2. The van der Waals surface area contributed by atoms with Gasteiger partial charge in [0.1, 0.15) is 0 Å². The summed E-state index contributed by atoms with van der Waals surface area (Å²) < 4.78 is 32.9. The molecule has 2 aliphatic heterocycles. The quantitative estimate of drug-likeness (QED) is 0.380. The number of nitrogens with one attached hydrogen (secondary N) is 1. The van der Waals surface area contributed by atoms with Gasteiger partial charge in [-0.05, 0) is 25.3 Å². The van der Waals surface area contributed by atoms with Crippen LogP contribution < -0.4 is 4.72 Å². The van der Waals surface area contributed by atoms with Crippen LogP contribution in [0.15, 0.2) is 28.2 Å². The van der Waals surface area contributed by atoms with E-state index in [0.717, 1.165) is 28.4 Å². The largest absolute Gasteiger partial charge is 0.381 e. The Kier molecular flexibility index (Phi) is 7.45. The first-order valence-corrected chi connectivity index (χ1v) is 14.1. The van der Waals surface area contributed by atoms with E-state index in [9.17, 15) is 8.42 Å². The van der Waals surface area contributed by atoms with E-state index >= 15 is 0 Å². The van der Waals surface area contributed by atoms with Crippen LogP contribution >= 0.6 is 34.5 Å². The molecule has 4 rings (SSSR count). The third kappa shape index (κ3) is 5.43. The molecule has 0 saturated carbocycles. The SMILES string of the molecule is CCCS(=O)(=O)Nc1cccc(-c2nc(C3(C)CCOCC3)sc2C2=NC(Cl)N=CC2)c1Cl. The van der Waals surface area contributed by atoms with Gasteiger partial charge in [-0.15, -0.1) is 11.3 Å². The highest BCUT2D eigenvalue weighted by Gasteiger charge is 2.35. The monoisotopic (exact) mass is 528 g/mol. The number of benzene rings is 1. The summed E-state index contributed by atoms with van der Waals surface area (Å²) in [5.41, 5.74) is 1.68. The number of alkyl halides is 1. The molecule has 1 atom stereocenters. The summed E-state index contributed by atoms with van der Waals surface area (Å²) in [6, 6.07) is 5.29. The molecule has 0 aliphatic carbocycles. The number of thiazole rings is 1. The Hall–Kier alpha value is -1.52. The molecule has 1 N–H and O–H groups in total. The summed E-state index contributed by atoms with van der Waals surface area (Å²) in [5.74, 6) is 0.0212. The minimum Gasteiger partial charge on any atom is -0.381 e. The van der Waals surface area contributed by atoms with Crippen molar-refractivity contribution in [3.63, 3.8) is 0 Å². The predicted molar refractivity (Wildman–Crippen MR) is 137 cm³/mol. The van der Waals surface area contributed by atoms with Crippen LogP contribution in [-0.2, 0) is 20.2 Å². The third-order valence-electron chi connectivity index (χ3n) is 5.77. The Labute approximate surface area is 208 Å². The van der Waals surface area contributed by atoms with E-state index in [-0.39, 0.29) is 11.2 Å². The fourth-order valence-electron chi connectivity index (χ4n) is 3.87. The smallest absolute Gasteiger partial charge is 0.232 e. The number of ether oxygens (including phenoxy) is 1. The van der Waals surface area contributed by atoms with Crippen LogP contribution in [0.25, 0.3) is 11.3 Å². The number of halogens is 2. The number of aromatic nitrogens is 1. The van der Waals surface area contributed by atoms with E-state index < -0.39 is 15.6 Å². The molecule has 178 valence electrons. The summed E-state index contributed by atoms with van der Waals surface area (Å²) in [6.07, 6.45) is 4.55. The van der Waals surface area contributed by atoms with Gasteiger partial charge >= 0.3 is 0 Å². The van der Waals surface area contributed by atoms with Crippen LogP contribution in [0.2, 0.25) is 5.02 Å². The van der Waals surface area contributed by atoms with Gasteiger partial charge in [-0.2, -0.15) is 0 Å². The van der Waals surface area contributed by atoms with Crippen molar-refractivity contribution < 1.29 is 13.2 Å². The second kappa shape index (κ2) is 10.00. The third-order valence-corrected chi connectivity index (χ3v) is 9.27. The van der Waals surface area contributed by atoms with Crippen LogP contribution in [-0.4, -0.2) is 49.9 Å². The molecule has 3 heterocycles. The lowest BCUT2D eigenvalue weighted by molar-refractivity contribution is 0.0564. The standard InChI is InChI=1S/C22H26Cl2N4O3S2/c1-3-13-33(29,30)28-15-6-4-5-14(17(15)23)18-19(16-7-10-25-21(24)26-16)32-20(27-18)22(2)8-11-31-12-9-22/h4-6,10,21,28H,3,7-9,11-13H2,1-2H3. The topological polar surface area (TPSA) is 93.0 Å². The van der Waals surface area contributed by atoms with E-state index in [1.54, 1.807) is 29.7 Å². The maximum absolute atomic E-state index is 12.4. The molecule has 1 aromatic carbocycles. The molecule has 2 aromatic rings. The highest BCUT2D eigenvalue weighted by atomic mass is 35.5. The summed E-state index contributed by atoms with van der Waals surface area (Å²) >= 11 is 14.5. The Morgan fingerprint density at radius 2 is 2.06 bits per heavy atom. The lowest BCUT2D eigenvalue weighted by Crippen LogP contribution is -2.30. The molecule has 7 nitrogen and oxygen atoms in total. The average molecular weight is 530 g/mol. The van der Waals surface area contributed by atoms with Gasteiger partial charge in [0.15, 0.2) is 0 Å². The Bertz CT molecular complexity index is 1190. The van der Waals surface area contributed by atoms with Crippen molar-refractivity contribution in [1.82, 2.24) is 4.98 Å². The van der Waals surface area contributed by atoms with Gasteiger partial charge in [0, 0.05) is 36.8 Å². The first-order valence-electron chi connectivity index (χ1n) is 10.8. The van der Waals surface area contributed by atoms with Crippen molar-refractivity contribution in [1.29, 1.82) is 0 Å². The zero-order valence-electron chi connectivity index (χ0n) is 18.5. The molecule has 0 amide bonds. The normalized spacial score (nSPS) is 20.5. The molecule has 0 spiro atoms. The maximum atomic E-state index is 12.4. The Morgan fingerprint density at radius 3 is 2.76 bits per heavy atom. The van der Waals surface area contributed by atoms with Crippen molar-refractivity contribution in [2.24, 2.45) is 9.98 Å². The number of sulfonamides is 1. The minimum atomic E-state index is -3.49. The summed E-state index contributed by atoms with van der Waals surface area (Å²) in [7, 11) is -3.49. The minimum absolute atomic E-state index is 0.0212. The molecule has 11 heteroatoms.